The van der Waals surface area contributed by atoms with Crippen molar-refractivity contribution < 1.29 is 46.8 Å². The van der Waals surface area contributed by atoms with Gasteiger partial charge in [0.15, 0.2) is 0 Å². The molecule has 37 heavy (non-hydrogen) atoms. The predicted molar refractivity (Wildman–Crippen MR) is 140 cm³/mol. The van der Waals surface area contributed by atoms with Gasteiger partial charge >= 0.3 is 28.7 Å². The maximum Gasteiger partial charge on any atom is 2.00 e. The number of carboxylic acid groups (broad SMARTS) is 2. The summed E-state index contributed by atoms with van der Waals surface area (Å²) in [5.41, 5.74) is 1.54. The van der Waals surface area contributed by atoms with Gasteiger partial charge in [-0.15, -0.1) is 0 Å². The quantitative estimate of drug-likeness (QED) is 0.460. The van der Waals surface area contributed by atoms with E-state index in [4.69, 9.17) is 10.2 Å². The molecular weight excluding hydrogens is 515 g/mol. The minimum absolute atomic E-state index is 0. The Labute approximate surface area is 232 Å². The molecule has 6 nitrogen and oxygen atoms in total. The van der Waals surface area contributed by atoms with Crippen molar-refractivity contribution in [1.29, 1.82) is 0 Å². The van der Waals surface area contributed by atoms with Crippen LogP contribution in [0.2, 0.25) is 0 Å². The SMILES string of the molecule is CC(C)(C)c1cc(C(=O)O)c([O-])c(C(C)(C)C)c1.CC(C)(C)c1cc(C(=O)O)c([O-])c(C(C)(C)C)c1.[Co+2]. The zero-order valence-corrected chi connectivity index (χ0v) is 25.2. The van der Waals surface area contributed by atoms with E-state index in [0.29, 0.717) is 11.1 Å². The van der Waals surface area contributed by atoms with Gasteiger partial charge in [0, 0.05) is 0 Å². The van der Waals surface area contributed by atoms with Crippen molar-refractivity contribution >= 4 is 11.9 Å². The van der Waals surface area contributed by atoms with Crippen LogP contribution in [0.4, 0.5) is 0 Å². The number of rotatable bonds is 2. The molecule has 0 aliphatic heterocycles. The Bertz CT molecular complexity index is 1050. The van der Waals surface area contributed by atoms with Gasteiger partial charge in [-0.25, -0.2) is 9.59 Å². The van der Waals surface area contributed by atoms with E-state index < -0.39 is 11.9 Å². The van der Waals surface area contributed by atoms with E-state index in [1.165, 1.54) is 12.1 Å². The average molecular weight is 558 g/mol. The molecule has 0 unspecified atom stereocenters. The Hall–Kier alpha value is -2.51. The van der Waals surface area contributed by atoms with Crippen LogP contribution >= 0.6 is 0 Å². The molecule has 1 radical (unpaired) electrons. The first-order chi connectivity index (χ1) is 15.9. The maximum atomic E-state index is 12.2. The molecule has 0 heterocycles. The molecular formula is C30H42CoO6. The largest absolute Gasteiger partial charge is 2.00 e. The molecule has 0 amide bonds. The molecule has 0 aliphatic rings. The third-order valence-corrected chi connectivity index (χ3v) is 5.99. The summed E-state index contributed by atoms with van der Waals surface area (Å²) in [6, 6.07) is 6.68. The molecule has 0 aromatic heterocycles. The van der Waals surface area contributed by atoms with Gasteiger partial charge in [-0.05, 0) is 56.0 Å². The number of carboxylic acids is 2. The Balaban J connectivity index is 0.000000682. The number of benzene rings is 2. The zero-order chi connectivity index (χ0) is 28.6. The van der Waals surface area contributed by atoms with Crippen LogP contribution < -0.4 is 10.2 Å². The van der Waals surface area contributed by atoms with Gasteiger partial charge in [0.05, 0.1) is 11.1 Å². The van der Waals surface area contributed by atoms with Gasteiger partial charge in [-0.2, -0.15) is 0 Å². The van der Waals surface area contributed by atoms with Crippen LogP contribution in [-0.2, 0) is 38.4 Å². The summed E-state index contributed by atoms with van der Waals surface area (Å²) < 4.78 is 0. The monoisotopic (exact) mass is 557 g/mol. The third-order valence-electron chi connectivity index (χ3n) is 5.99. The topological polar surface area (TPSA) is 121 Å². The van der Waals surface area contributed by atoms with Crippen LogP contribution in [0.25, 0.3) is 0 Å². The Morgan fingerprint density at radius 3 is 0.946 bits per heavy atom. The average Bonchev–Trinajstić information content (AvgIpc) is 2.64. The summed E-state index contributed by atoms with van der Waals surface area (Å²) in [5, 5.41) is 42.6. The van der Waals surface area contributed by atoms with Crippen molar-refractivity contribution in [1.82, 2.24) is 0 Å². The molecule has 2 aromatic carbocycles. The second-order valence-corrected chi connectivity index (χ2v) is 13.4. The molecule has 0 saturated carbocycles. The Kier molecular flexibility index (Phi) is 10.7. The Morgan fingerprint density at radius 1 is 0.541 bits per heavy atom. The predicted octanol–water partition coefficient (Wildman–Crippen LogP) is 6.10. The van der Waals surface area contributed by atoms with Gasteiger partial charge in [0.2, 0.25) is 0 Å². The van der Waals surface area contributed by atoms with Crippen molar-refractivity contribution in [2.75, 3.05) is 0 Å². The first-order valence-electron chi connectivity index (χ1n) is 12.1. The number of carbonyl (C=O) groups is 2. The summed E-state index contributed by atoms with van der Waals surface area (Å²) in [6.07, 6.45) is 0. The normalized spacial score (nSPS) is 12.2. The third kappa shape index (κ3) is 8.78. The molecule has 207 valence electrons. The van der Waals surface area contributed by atoms with Crippen molar-refractivity contribution in [3.63, 3.8) is 0 Å². The van der Waals surface area contributed by atoms with Gasteiger partial charge in [-0.1, -0.05) is 107 Å². The van der Waals surface area contributed by atoms with Gasteiger partial charge < -0.3 is 20.4 Å². The fourth-order valence-corrected chi connectivity index (χ4v) is 3.56. The molecule has 0 fully saturated rings. The molecule has 0 saturated heterocycles. The van der Waals surface area contributed by atoms with E-state index in [-0.39, 0.29) is 61.1 Å². The van der Waals surface area contributed by atoms with Crippen molar-refractivity contribution in [2.24, 2.45) is 0 Å². The van der Waals surface area contributed by atoms with E-state index in [1.54, 1.807) is 0 Å². The molecule has 0 aliphatic carbocycles. The summed E-state index contributed by atoms with van der Waals surface area (Å²) in [4.78, 5) is 22.4. The summed E-state index contributed by atoms with van der Waals surface area (Å²) in [6.45, 7) is 23.5. The van der Waals surface area contributed by atoms with Crippen LogP contribution in [0.3, 0.4) is 0 Å². The van der Waals surface area contributed by atoms with Crippen molar-refractivity contribution in [3.05, 3.63) is 57.6 Å². The summed E-state index contributed by atoms with van der Waals surface area (Å²) >= 11 is 0. The van der Waals surface area contributed by atoms with Crippen LogP contribution in [0.1, 0.15) is 126 Å². The van der Waals surface area contributed by atoms with E-state index in [2.05, 4.69) is 0 Å². The first-order valence-corrected chi connectivity index (χ1v) is 12.1. The van der Waals surface area contributed by atoms with Crippen molar-refractivity contribution in [3.8, 4) is 11.5 Å². The van der Waals surface area contributed by atoms with Crippen LogP contribution in [0.15, 0.2) is 24.3 Å². The standard InChI is InChI=1S/2C15H22O3.Co/c2*1-14(2,3)9-7-10(13(17)18)12(16)11(8-9)15(4,5)6;/h2*7-8,16H,1-6H3,(H,17,18);/q;;+2/p-2. The Morgan fingerprint density at radius 2 is 0.784 bits per heavy atom. The molecule has 2 N–H and O–H groups in total. The number of hydrogen-bond donors (Lipinski definition) is 2. The summed E-state index contributed by atoms with van der Waals surface area (Å²) in [7, 11) is 0. The van der Waals surface area contributed by atoms with Crippen LogP contribution in [0, 0.1) is 0 Å². The van der Waals surface area contributed by atoms with E-state index in [9.17, 15) is 19.8 Å². The summed E-state index contributed by atoms with van der Waals surface area (Å²) in [5.74, 6) is -3.06. The zero-order valence-electron chi connectivity index (χ0n) is 24.2. The van der Waals surface area contributed by atoms with Gasteiger partial charge in [0.25, 0.3) is 0 Å². The van der Waals surface area contributed by atoms with Gasteiger partial charge in [-0.3, -0.25) is 0 Å². The second-order valence-electron chi connectivity index (χ2n) is 13.4. The van der Waals surface area contributed by atoms with Crippen molar-refractivity contribution in [2.45, 2.75) is 105 Å². The second kappa shape index (κ2) is 11.5. The molecule has 0 atom stereocenters. The van der Waals surface area contributed by atoms with E-state index in [0.717, 1.165) is 11.1 Å². The molecule has 0 bridgehead atoms. The molecule has 2 aromatic rings. The number of aromatic carboxylic acids is 2. The smallest absolute Gasteiger partial charge is 0.872 e. The number of hydrogen-bond acceptors (Lipinski definition) is 4. The molecule has 2 rings (SSSR count). The molecule has 0 spiro atoms. The van der Waals surface area contributed by atoms with E-state index >= 15 is 0 Å². The fourth-order valence-electron chi connectivity index (χ4n) is 3.56. The minimum atomic E-state index is -1.16. The van der Waals surface area contributed by atoms with E-state index in [1.807, 2.05) is 95.2 Å². The van der Waals surface area contributed by atoms with Gasteiger partial charge in [0.1, 0.15) is 0 Å². The fraction of sp³-hybridized carbons (Fsp3) is 0.533. The van der Waals surface area contributed by atoms with Crippen LogP contribution in [0.5, 0.6) is 11.5 Å². The minimum Gasteiger partial charge on any atom is -0.872 e. The maximum absolute atomic E-state index is 12.2. The first kappa shape index (κ1) is 34.5. The molecule has 7 heteroatoms. The van der Waals surface area contributed by atoms with Crippen LogP contribution in [-0.4, -0.2) is 22.2 Å².